The number of nitrogens with two attached hydrogens (primary N) is 1. The Morgan fingerprint density at radius 3 is 2.62 bits per heavy atom. The van der Waals surface area contributed by atoms with Crippen molar-refractivity contribution >= 4 is 51.5 Å². The number of esters is 1. The van der Waals surface area contributed by atoms with E-state index in [0.29, 0.717) is 22.9 Å². The van der Waals surface area contributed by atoms with Crippen LogP contribution in [0.3, 0.4) is 0 Å². The van der Waals surface area contributed by atoms with Gasteiger partial charge in [-0.25, -0.2) is 14.6 Å². The van der Waals surface area contributed by atoms with E-state index >= 15 is 0 Å². The molecule has 1 aliphatic rings. The molecule has 5 rings (SSSR count). The van der Waals surface area contributed by atoms with Crippen molar-refractivity contribution in [2.45, 2.75) is 19.3 Å². The van der Waals surface area contributed by atoms with E-state index in [1.807, 2.05) is 35.7 Å². The summed E-state index contributed by atoms with van der Waals surface area (Å²) >= 11 is 1.63. The van der Waals surface area contributed by atoms with Gasteiger partial charge in [-0.15, -0.1) is 11.3 Å². The van der Waals surface area contributed by atoms with E-state index in [4.69, 9.17) is 15.5 Å². The molecule has 188 valence electrons. The fourth-order valence-electron chi connectivity index (χ4n) is 4.65. The molecule has 0 amide bonds. The van der Waals surface area contributed by atoms with Crippen molar-refractivity contribution < 1.29 is 14.3 Å². The van der Waals surface area contributed by atoms with Crippen LogP contribution in [0.4, 0.5) is 5.82 Å². The van der Waals surface area contributed by atoms with E-state index in [1.54, 1.807) is 17.4 Å². The number of rotatable bonds is 5. The summed E-state index contributed by atoms with van der Waals surface area (Å²) in [6.45, 7) is -0.695. The van der Waals surface area contributed by atoms with E-state index in [9.17, 15) is 19.2 Å². The van der Waals surface area contributed by atoms with E-state index in [2.05, 4.69) is 6.08 Å². The van der Waals surface area contributed by atoms with Crippen LogP contribution < -0.4 is 17.0 Å². The number of ketones is 1. The molecule has 3 heterocycles. The van der Waals surface area contributed by atoms with Crippen molar-refractivity contribution in [3.05, 3.63) is 89.9 Å². The molecule has 1 aromatic carbocycles. The van der Waals surface area contributed by atoms with Crippen LogP contribution >= 0.6 is 11.3 Å². The normalized spacial score (nSPS) is 14.1. The van der Waals surface area contributed by atoms with E-state index < -0.39 is 29.6 Å². The third kappa shape index (κ3) is 4.29. The quantitative estimate of drug-likeness (QED) is 0.319. The number of carbonyl (C=O) groups is 2. The molecule has 0 spiro atoms. The number of para-hydroxylation sites is 1. The molecule has 2 N–H and O–H groups in total. The predicted molar refractivity (Wildman–Crippen MR) is 143 cm³/mol. The minimum Gasteiger partial charge on any atom is -0.454 e. The van der Waals surface area contributed by atoms with Crippen molar-refractivity contribution in [3.8, 4) is 0 Å². The van der Waals surface area contributed by atoms with Crippen molar-refractivity contribution in [3.63, 3.8) is 0 Å². The third-order valence-electron chi connectivity index (χ3n) is 6.56. The van der Waals surface area contributed by atoms with Crippen LogP contribution in [0.5, 0.6) is 0 Å². The molecule has 0 fully saturated rings. The first kappa shape index (κ1) is 24.4. The molecule has 0 bridgehead atoms. The predicted octanol–water partition coefficient (Wildman–Crippen LogP) is 3.19. The first-order chi connectivity index (χ1) is 17.8. The number of nitrogen functional groups attached to an aromatic ring is 1. The van der Waals surface area contributed by atoms with Gasteiger partial charge in [0.2, 0.25) is 5.78 Å². The molecule has 1 aliphatic carbocycles. The number of anilines is 1. The number of benzene rings is 1. The summed E-state index contributed by atoms with van der Waals surface area (Å²) in [5.41, 5.74) is 7.60. The van der Waals surface area contributed by atoms with Crippen LogP contribution in [-0.4, -0.2) is 32.5 Å². The highest BCUT2D eigenvalue weighted by Crippen LogP contribution is 2.36. The van der Waals surface area contributed by atoms with E-state index in [1.165, 1.54) is 14.1 Å². The van der Waals surface area contributed by atoms with Crippen molar-refractivity contribution in [2.24, 2.45) is 14.1 Å². The smallest absolute Gasteiger partial charge is 0.339 e. The maximum atomic E-state index is 13.5. The lowest BCUT2D eigenvalue weighted by Crippen LogP contribution is -2.42. The zero-order valence-electron chi connectivity index (χ0n) is 20.3. The van der Waals surface area contributed by atoms with Gasteiger partial charge in [0, 0.05) is 24.4 Å². The van der Waals surface area contributed by atoms with Gasteiger partial charge in [0.1, 0.15) is 11.4 Å². The van der Waals surface area contributed by atoms with Gasteiger partial charge in [0.15, 0.2) is 6.61 Å². The Morgan fingerprint density at radius 2 is 1.86 bits per heavy atom. The maximum absolute atomic E-state index is 13.5. The number of thiophene rings is 1. The number of fused-ring (bicyclic) bond motifs is 2. The van der Waals surface area contributed by atoms with Gasteiger partial charge in [0.05, 0.1) is 16.8 Å². The lowest BCUT2D eigenvalue weighted by Gasteiger charge is -2.22. The molecule has 10 heteroatoms. The van der Waals surface area contributed by atoms with Gasteiger partial charge < -0.3 is 10.5 Å². The molecule has 4 aromatic rings. The van der Waals surface area contributed by atoms with Crippen molar-refractivity contribution in [1.82, 2.24) is 14.1 Å². The number of nitrogens with zero attached hydrogens (tertiary/aromatic N) is 3. The van der Waals surface area contributed by atoms with Crippen LogP contribution in [0.2, 0.25) is 0 Å². The number of ether oxygens (including phenoxy) is 1. The molecular formula is C27H24N4O5S. The number of allylic oxidation sites excluding steroid dienone is 1. The fourth-order valence-corrected chi connectivity index (χ4v) is 5.33. The summed E-state index contributed by atoms with van der Waals surface area (Å²) in [6.07, 6.45) is 4.41. The Morgan fingerprint density at radius 1 is 1.08 bits per heavy atom. The van der Waals surface area contributed by atoms with Crippen LogP contribution in [-0.2, 0) is 25.3 Å². The minimum atomic E-state index is -0.836. The first-order valence-corrected chi connectivity index (χ1v) is 12.6. The van der Waals surface area contributed by atoms with Gasteiger partial charge >= 0.3 is 11.7 Å². The molecule has 37 heavy (non-hydrogen) atoms. The Balaban J connectivity index is 1.53. The Labute approximate surface area is 215 Å². The second kappa shape index (κ2) is 9.62. The zero-order chi connectivity index (χ0) is 26.3. The highest BCUT2D eigenvalue weighted by Gasteiger charge is 2.27. The minimum absolute atomic E-state index is 0.274. The second-order valence-electron chi connectivity index (χ2n) is 8.83. The highest BCUT2D eigenvalue weighted by atomic mass is 32.1. The van der Waals surface area contributed by atoms with Crippen LogP contribution in [0, 0.1) is 0 Å². The maximum Gasteiger partial charge on any atom is 0.339 e. The van der Waals surface area contributed by atoms with E-state index in [-0.39, 0.29) is 11.4 Å². The van der Waals surface area contributed by atoms with Gasteiger partial charge in [0.25, 0.3) is 5.56 Å². The summed E-state index contributed by atoms with van der Waals surface area (Å²) in [4.78, 5) is 57.0. The summed E-state index contributed by atoms with van der Waals surface area (Å²) < 4.78 is 7.25. The van der Waals surface area contributed by atoms with Crippen LogP contribution in [0.1, 0.15) is 49.7 Å². The number of hydrogen-bond acceptors (Lipinski definition) is 8. The van der Waals surface area contributed by atoms with Gasteiger partial charge in [-0.1, -0.05) is 24.3 Å². The van der Waals surface area contributed by atoms with Gasteiger partial charge in [-0.05, 0) is 54.0 Å². The topological polar surface area (TPSA) is 126 Å². The Bertz CT molecular complexity index is 1710. The Kier molecular flexibility index (Phi) is 6.34. The van der Waals surface area contributed by atoms with Crippen molar-refractivity contribution in [2.75, 3.05) is 12.3 Å². The summed E-state index contributed by atoms with van der Waals surface area (Å²) in [6, 6.07) is 11.3. The number of hydrogen-bond donors (Lipinski definition) is 1. The average Bonchev–Trinajstić information content (AvgIpc) is 3.41. The first-order valence-electron chi connectivity index (χ1n) is 11.7. The number of Topliss-reactive ketones (excluding diaryl/α,β-unsaturated/α-hetero) is 1. The highest BCUT2D eigenvalue weighted by molar-refractivity contribution is 7.10. The summed E-state index contributed by atoms with van der Waals surface area (Å²) in [5.74, 6) is -1.74. The standard InChI is InChI=1S/C27H24N4O5S/c1-30-24(28)22(25(33)31(2)27(30)35)20(32)14-36-26(34)21-17-9-3-4-11-19(17)29-23-15(7-5-10-18(21)23)13-16-8-6-12-37-16/h3-4,6,8-9,11-13H,5,7,10,14,28H2,1-2H3/b15-13+. The molecule has 0 unspecified atom stereocenters. The average molecular weight is 517 g/mol. The lowest BCUT2D eigenvalue weighted by atomic mass is 9.86. The number of aromatic nitrogens is 3. The lowest BCUT2D eigenvalue weighted by molar-refractivity contribution is 0.0475. The number of carbonyl (C=O) groups excluding carboxylic acids is 2. The summed E-state index contributed by atoms with van der Waals surface area (Å²) in [7, 11) is 2.61. The molecule has 0 atom stereocenters. The summed E-state index contributed by atoms with van der Waals surface area (Å²) in [5, 5.41) is 2.64. The number of pyridine rings is 1. The second-order valence-corrected chi connectivity index (χ2v) is 9.81. The van der Waals surface area contributed by atoms with Gasteiger partial charge in [-0.3, -0.25) is 18.7 Å². The molecule has 0 saturated heterocycles. The third-order valence-corrected chi connectivity index (χ3v) is 7.38. The fraction of sp³-hybridized carbons (Fsp3) is 0.222. The SMILES string of the molecule is Cn1c(N)c(C(=O)COC(=O)c2c3c(nc4ccccc24)/C(=C/c2cccs2)CCC3)c(=O)n(C)c1=O. The van der Waals surface area contributed by atoms with Gasteiger partial charge in [-0.2, -0.15) is 0 Å². The van der Waals surface area contributed by atoms with Crippen LogP contribution in [0.15, 0.2) is 51.4 Å². The molecule has 0 aliphatic heterocycles. The molecule has 9 nitrogen and oxygen atoms in total. The largest absolute Gasteiger partial charge is 0.454 e. The van der Waals surface area contributed by atoms with Crippen LogP contribution in [0.25, 0.3) is 22.6 Å². The Hall–Kier alpha value is -4.31. The molecule has 3 aromatic heterocycles. The molecule has 0 saturated carbocycles. The molecule has 0 radical (unpaired) electrons. The monoisotopic (exact) mass is 516 g/mol. The molecular weight excluding hydrogens is 492 g/mol. The zero-order valence-corrected chi connectivity index (χ0v) is 21.1. The van der Waals surface area contributed by atoms with E-state index in [0.717, 1.165) is 43.7 Å². The van der Waals surface area contributed by atoms with Crippen molar-refractivity contribution in [1.29, 1.82) is 0 Å².